The highest BCUT2D eigenvalue weighted by Crippen LogP contribution is 2.19. The Bertz CT molecular complexity index is 445. The maximum atomic E-state index is 13.0. The molecule has 3 N–H and O–H groups in total. The summed E-state index contributed by atoms with van der Waals surface area (Å²) in [5.41, 5.74) is 6.19. The largest absolute Gasteiger partial charge is 0.349 e. The Hall–Kier alpha value is -1.13. The highest BCUT2D eigenvalue weighted by molar-refractivity contribution is 6.31. The van der Waals surface area contributed by atoms with Crippen LogP contribution < -0.4 is 11.1 Å². The minimum absolute atomic E-state index is 0.0340. The van der Waals surface area contributed by atoms with Crippen LogP contribution in [0.2, 0.25) is 5.02 Å². The number of benzene rings is 1. The summed E-state index contributed by atoms with van der Waals surface area (Å²) < 4.78 is 13.0. The van der Waals surface area contributed by atoms with E-state index in [-0.39, 0.29) is 23.0 Å². The molecular formula is C13H16ClFN2O. The van der Waals surface area contributed by atoms with Gasteiger partial charge in [-0.05, 0) is 43.9 Å². The van der Waals surface area contributed by atoms with Gasteiger partial charge in [0.25, 0.3) is 5.91 Å². The molecule has 0 aliphatic heterocycles. The van der Waals surface area contributed by atoms with Crippen LogP contribution >= 0.6 is 11.6 Å². The first-order chi connectivity index (χ1) is 8.56. The van der Waals surface area contributed by atoms with E-state index < -0.39 is 5.82 Å². The third kappa shape index (κ3) is 3.21. The molecule has 0 saturated heterocycles. The molecule has 0 heterocycles. The maximum Gasteiger partial charge on any atom is 0.251 e. The summed E-state index contributed by atoms with van der Waals surface area (Å²) in [6, 6.07) is 4.39. The molecule has 1 aliphatic carbocycles. The third-order valence-electron chi connectivity index (χ3n) is 3.29. The molecule has 3 nitrogen and oxygen atoms in total. The van der Waals surface area contributed by atoms with Crippen molar-refractivity contribution in [2.24, 2.45) is 5.73 Å². The molecule has 0 atom stereocenters. The van der Waals surface area contributed by atoms with Crippen molar-refractivity contribution in [2.45, 2.75) is 37.8 Å². The number of carbonyl (C=O) groups excluding carboxylic acids is 1. The van der Waals surface area contributed by atoms with Gasteiger partial charge in [-0.25, -0.2) is 4.39 Å². The predicted molar refractivity (Wildman–Crippen MR) is 69.1 cm³/mol. The molecule has 0 aromatic heterocycles. The Morgan fingerprint density at radius 3 is 2.61 bits per heavy atom. The van der Waals surface area contributed by atoms with E-state index in [1.54, 1.807) is 0 Å². The second kappa shape index (κ2) is 5.67. The van der Waals surface area contributed by atoms with Gasteiger partial charge in [-0.1, -0.05) is 11.6 Å². The van der Waals surface area contributed by atoms with Crippen LogP contribution in [0.1, 0.15) is 36.0 Å². The number of hydrogen-bond acceptors (Lipinski definition) is 2. The van der Waals surface area contributed by atoms with E-state index in [0.29, 0.717) is 5.56 Å². The molecule has 0 unspecified atom stereocenters. The lowest BCUT2D eigenvalue weighted by Gasteiger charge is -2.26. The summed E-state index contributed by atoms with van der Waals surface area (Å²) in [5.74, 6) is -0.728. The zero-order chi connectivity index (χ0) is 13.1. The highest BCUT2D eigenvalue weighted by Gasteiger charge is 2.20. The number of nitrogens with one attached hydrogen (secondary N) is 1. The van der Waals surface area contributed by atoms with Crippen molar-refractivity contribution >= 4 is 17.5 Å². The molecule has 5 heteroatoms. The predicted octanol–water partition coefficient (Wildman–Crippen LogP) is 2.48. The second-order valence-corrected chi connectivity index (χ2v) is 5.12. The molecule has 18 heavy (non-hydrogen) atoms. The van der Waals surface area contributed by atoms with Crippen LogP contribution in [-0.2, 0) is 0 Å². The minimum Gasteiger partial charge on any atom is -0.349 e. The standard InChI is InChI=1S/C13H16ClFN2O/c14-11-7-8(1-6-12(11)15)13(18)17-10-4-2-9(16)3-5-10/h1,6-7,9-10H,2-5,16H2,(H,17,18). The van der Waals surface area contributed by atoms with E-state index in [1.807, 2.05) is 0 Å². The Kier molecular flexibility index (Phi) is 4.19. The van der Waals surface area contributed by atoms with Gasteiger partial charge < -0.3 is 11.1 Å². The van der Waals surface area contributed by atoms with Crippen molar-refractivity contribution in [3.8, 4) is 0 Å². The summed E-state index contributed by atoms with van der Waals surface area (Å²) in [6.07, 6.45) is 3.63. The minimum atomic E-state index is -0.517. The summed E-state index contributed by atoms with van der Waals surface area (Å²) in [6.45, 7) is 0. The zero-order valence-corrected chi connectivity index (χ0v) is 10.7. The van der Waals surface area contributed by atoms with Crippen molar-refractivity contribution in [2.75, 3.05) is 0 Å². The smallest absolute Gasteiger partial charge is 0.251 e. The first kappa shape index (κ1) is 13.3. The quantitative estimate of drug-likeness (QED) is 0.867. The number of nitrogens with two attached hydrogens (primary N) is 1. The number of rotatable bonds is 2. The molecule has 0 bridgehead atoms. The van der Waals surface area contributed by atoms with Crippen molar-refractivity contribution in [1.29, 1.82) is 0 Å². The number of hydrogen-bond donors (Lipinski definition) is 2. The fourth-order valence-corrected chi connectivity index (χ4v) is 2.35. The van der Waals surface area contributed by atoms with Crippen molar-refractivity contribution in [3.05, 3.63) is 34.6 Å². The van der Waals surface area contributed by atoms with Gasteiger partial charge in [-0.2, -0.15) is 0 Å². The van der Waals surface area contributed by atoms with Gasteiger partial charge in [-0.15, -0.1) is 0 Å². The molecule has 1 aromatic rings. The van der Waals surface area contributed by atoms with Crippen LogP contribution in [0.4, 0.5) is 4.39 Å². The fourth-order valence-electron chi connectivity index (χ4n) is 2.17. The number of amides is 1. The lowest BCUT2D eigenvalue weighted by molar-refractivity contribution is 0.0926. The molecule has 0 spiro atoms. The zero-order valence-electron chi connectivity index (χ0n) is 9.96. The van der Waals surface area contributed by atoms with Crippen LogP contribution in [0.25, 0.3) is 0 Å². The Morgan fingerprint density at radius 1 is 1.33 bits per heavy atom. The average molecular weight is 271 g/mol. The molecule has 1 fully saturated rings. The average Bonchev–Trinajstić information content (AvgIpc) is 2.35. The summed E-state index contributed by atoms with van der Waals surface area (Å²) in [5, 5.41) is 2.89. The fraction of sp³-hybridized carbons (Fsp3) is 0.462. The molecule has 1 saturated carbocycles. The third-order valence-corrected chi connectivity index (χ3v) is 3.58. The van der Waals surface area contributed by atoms with E-state index >= 15 is 0 Å². The monoisotopic (exact) mass is 270 g/mol. The molecular weight excluding hydrogens is 255 g/mol. The van der Waals surface area contributed by atoms with Gasteiger partial charge in [0.2, 0.25) is 0 Å². The first-order valence-electron chi connectivity index (χ1n) is 6.08. The maximum absolute atomic E-state index is 13.0. The SMILES string of the molecule is NC1CCC(NC(=O)c2ccc(F)c(Cl)c2)CC1. The van der Waals surface area contributed by atoms with Crippen molar-refractivity contribution in [1.82, 2.24) is 5.32 Å². The van der Waals surface area contributed by atoms with Gasteiger partial charge in [0.05, 0.1) is 5.02 Å². The number of carbonyl (C=O) groups is 1. The van der Waals surface area contributed by atoms with Gasteiger partial charge in [-0.3, -0.25) is 4.79 Å². The Balaban J connectivity index is 1.97. The van der Waals surface area contributed by atoms with E-state index in [9.17, 15) is 9.18 Å². The Morgan fingerprint density at radius 2 is 2.00 bits per heavy atom. The molecule has 1 aromatic carbocycles. The topological polar surface area (TPSA) is 55.1 Å². The normalized spacial score (nSPS) is 23.7. The van der Waals surface area contributed by atoms with Crippen LogP contribution in [0.3, 0.4) is 0 Å². The summed E-state index contributed by atoms with van der Waals surface area (Å²) >= 11 is 5.65. The van der Waals surface area contributed by atoms with Gasteiger partial charge in [0.15, 0.2) is 0 Å². The van der Waals surface area contributed by atoms with Crippen molar-refractivity contribution < 1.29 is 9.18 Å². The lowest BCUT2D eigenvalue weighted by Crippen LogP contribution is -2.40. The Labute approximate surface area is 111 Å². The highest BCUT2D eigenvalue weighted by atomic mass is 35.5. The van der Waals surface area contributed by atoms with Gasteiger partial charge in [0, 0.05) is 17.6 Å². The van der Waals surface area contributed by atoms with E-state index in [4.69, 9.17) is 17.3 Å². The second-order valence-electron chi connectivity index (χ2n) is 4.71. The summed E-state index contributed by atoms with van der Waals surface area (Å²) in [4.78, 5) is 11.9. The molecule has 98 valence electrons. The van der Waals surface area contributed by atoms with E-state index in [1.165, 1.54) is 18.2 Å². The van der Waals surface area contributed by atoms with Crippen LogP contribution in [0, 0.1) is 5.82 Å². The molecule has 2 rings (SSSR count). The lowest BCUT2D eigenvalue weighted by atomic mass is 9.91. The van der Waals surface area contributed by atoms with Gasteiger partial charge >= 0.3 is 0 Å². The molecule has 1 amide bonds. The van der Waals surface area contributed by atoms with Crippen molar-refractivity contribution in [3.63, 3.8) is 0 Å². The number of halogens is 2. The van der Waals surface area contributed by atoms with Crippen LogP contribution in [0.5, 0.6) is 0 Å². The molecule has 0 radical (unpaired) electrons. The van der Waals surface area contributed by atoms with E-state index in [2.05, 4.69) is 5.32 Å². The van der Waals surface area contributed by atoms with Crippen LogP contribution in [-0.4, -0.2) is 18.0 Å². The van der Waals surface area contributed by atoms with Crippen LogP contribution in [0.15, 0.2) is 18.2 Å². The first-order valence-corrected chi connectivity index (χ1v) is 6.45. The van der Waals surface area contributed by atoms with E-state index in [0.717, 1.165) is 25.7 Å². The van der Waals surface area contributed by atoms with Gasteiger partial charge in [0.1, 0.15) is 5.82 Å². The molecule has 1 aliphatic rings. The summed E-state index contributed by atoms with van der Waals surface area (Å²) in [7, 11) is 0.